The molecule has 0 spiro atoms. The number of halogens is 1. The molecule has 0 heterocycles. The number of nitrogens with one attached hydrogen (secondary N) is 1. The minimum absolute atomic E-state index is 0. The van der Waals surface area contributed by atoms with Gasteiger partial charge in [-0.3, -0.25) is 0 Å². The van der Waals surface area contributed by atoms with Crippen LogP contribution >= 0.6 is 12.4 Å². The van der Waals surface area contributed by atoms with Gasteiger partial charge in [0.25, 0.3) is 0 Å². The van der Waals surface area contributed by atoms with E-state index in [4.69, 9.17) is 0 Å². The van der Waals surface area contributed by atoms with Crippen molar-refractivity contribution in [3.8, 4) is 0 Å². The number of hydrogen-bond acceptors (Lipinski definition) is 1. The fourth-order valence-electron chi connectivity index (χ4n) is 3.19. The van der Waals surface area contributed by atoms with Gasteiger partial charge in [0.15, 0.2) is 0 Å². The number of hydrogen-bond donors (Lipinski definition) is 1. The molecule has 0 aromatic carbocycles. The summed E-state index contributed by atoms with van der Waals surface area (Å²) in [5.41, 5.74) is 0. The molecule has 1 nitrogen and oxygen atoms in total. The summed E-state index contributed by atoms with van der Waals surface area (Å²) in [5, 5.41) is 3.90. The topological polar surface area (TPSA) is 12.0 Å². The molecule has 2 rings (SSSR count). The molecule has 0 aromatic rings. The van der Waals surface area contributed by atoms with Crippen LogP contribution in [0.4, 0.5) is 0 Å². The van der Waals surface area contributed by atoms with Gasteiger partial charge in [0, 0.05) is 12.1 Å². The van der Waals surface area contributed by atoms with Gasteiger partial charge >= 0.3 is 0 Å². The van der Waals surface area contributed by atoms with Gasteiger partial charge in [0.1, 0.15) is 0 Å². The lowest BCUT2D eigenvalue weighted by Gasteiger charge is -2.34. The Bertz CT molecular complexity index is 159. The quantitative estimate of drug-likeness (QED) is 0.771. The van der Waals surface area contributed by atoms with Crippen molar-refractivity contribution < 1.29 is 0 Å². The molecule has 1 N–H and O–H groups in total. The molecule has 0 saturated heterocycles. The maximum Gasteiger partial charge on any atom is 0.00698 e. The van der Waals surface area contributed by atoms with Crippen LogP contribution in [0.3, 0.4) is 0 Å². The van der Waals surface area contributed by atoms with E-state index >= 15 is 0 Å². The van der Waals surface area contributed by atoms with Crippen molar-refractivity contribution in [1.82, 2.24) is 5.32 Å². The molecule has 0 aliphatic heterocycles. The molecule has 2 saturated carbocycles. The second-order valence-electron chi connectivity index (χ2n) is 6.08. The van der Waals surface area contributed by atoms with Gasteiger partial charge in [-0.25, -0.2) is 0 Å². The Kier molecular flexibility index (Phi) is 6.13. The molecule has 0 atom stereocenters. The second kappa shape index (κ2) is 6.86. The second-order valence-corrected chi connectivity index (χ2v) is 6.08. The van der Waals surface area contributed by atoms with Crippen molar-refractivity contribution >= 4 is 12.4 Å². The fraction of sp³-hybridized carbons (Fsp3) is 1.00. The van der Waals surface area contributed by atoms with Crippen LogP contribution in [0.5, 0.6) is 0 Å². The van der Waals surface area contributed by atoms with Crippen molar-refractivity contribution in [3.05, 3.63) is 0 Å². The zero-order chi connectivity index (χ0) is 10.7. The van der Waals surface area contributed by atoms with Gasteiger partial charge in [-0.2, -0.15) is 0 Å². The lowest BCUT2D eigenvalue weighted by atomic mass is 9.84. The average Bonchev–Trinajstić information content (AvgIpc) is 2.25. The van der Waals surface area contributed by atoms with Crippen LogP contribution in [0.15, 0.2) is 0 Å². The highest BCUT2D eigenvalue weighted by atomic mass is 35.5. The molecule has 2 fully saturated rings. The van der Waals surface area contributed by atoms with Gasteiger partial charge < -0.3 is 5.32 Å². The zero-order valence-electron chi connectivity index (χ0n) is 10.9. The van der Waals surface area contributed by atoms with Crippen molar-refractivity contribution in [2.45, 2.75) is 77.3 Å². The first-order valence-electron chi connectivity index (χ1n) is 7.00. The molecular formula is C14H28ClN. The van der Waals surface area contributed by atoms with Crippen molar-refractivity contribution in [1.29, 1.82) is 0 Å². The summed E-state index contributed by atoms with van der Waals surface area (Å²) >= 11 is 0. The summed E-state index contributed by atoms with van der Waals surface area (Å²) in [7, 11) is 0. The summed E-state index contributed by atoms with van der Waals surface area (Å²) in [6.07, 6.45) is 11.5. The Hall–Kier alpha value is 0.250. The summed E-state index contributed by atoms with van der Waals surface area (Å²) in [4.78, 5) is 0. The Balaban J connectivity index is 0.00000128. The van der Waals surface area contributed by atoms with E-state index < -0.39 is 0 Å². The molecule has 2 heteroatoms. The third kappa shape index (κ3) is 4.25. The Labute approximate surface area is 107 Å². The molecule has 0 bridgehead atoms. The first kappa shape index (κ1) is 14.3. The van der Waals surface area contributed by atoms with Crippen LogP contribution in [0, 0.1) is 11.8 Å². The summed E-state index contributed by atoms with van der Waals surface area (Å²) in [5.74, 6) is 1.96. The Morgan fingerprint density at radius 1 is 0.625 bits per heavy atom. The van der Waals surface area contributed by atoms with E-state index in [1.165, 1.54) is 51.4 Å². The SMILES string of the molecule is CC1CCC(NC2CCC(C)CC2)CC1.Cl. The van der Waals surface area contributed by atoms with Crippen LogP contribution in [0.25, 0.3) is 0 Å². The van der Waals surface area contributed by atoms with Gasteiger partial charge in [0.2, 0.25) is 0 Å². The monoisotopic (exact) mass is 245 g/mol. The van der Waals surface area contributed by atoms with E-state index in [1.54, 1.807) is 0 Å². The highest BCUT2D eigenvalue weighted by Gasteiger charge is 2.23. The van der Waals surface area contributed by atoms with Crippen LogP contribution in [-0.4, -0.2) is 12.1 Å². The minimum Gasteiger partial charge on any atom is -0.311 e. The Morgan fingerprint density at radius 2 is 0.938 bits per heavy atom. The maximum absolute atomic E-state index is 3.90. The smallest absolute Gasteiger partial charge is 0.00698 e. The third-order valence-corrected chi connectivity index (χ3v) is 4.50. The van der Waals surface area contributed by atoms with E-state index in [9.17, 15) is 0 Å². The minimum atomic E-state index is 0. The molecule has 0 unspecified atom stereocenters. The molecule has 0 radical (unpaired) electrons. The first-order valence-corrected chi connectivity index (χ1v) is 7.00. The van der Waals surface area contributed by atoms with Crippen molar-refractivity contribution in [2.24, 2.45) is 11.8 Å². The highest BCUT2D eigenvalue weighted by molar-refractivity contribution is 5.85. The standard InChI is InChI=1S/C14H27N.ClH/c1-11-3-7-13(8-4-11)15-14-9-5-12(2)6-10-14;/h11-15H,3-10H2,1-2H3;1H. The zero-order valence-corrected chi connectivity index (χ0v) is 11.7. The Morgan fingerprint density at radius 3 is 1.25 bits per heavy atom. The first-order chi connectivity index (χ1) is 7.24. The van der Waals surface area contributed by atoms with Crippen LogP contribution < -0.4 is 5.32 Å². The molecular weight excluding hydrogens is 218 g/mol. The predicted octanol–water partition coefficient (Wildman–Crippen LogP) is 4.16. The van der Waals surface area contributed by atoms with Gasteiger partial charge in [0.05, 0.1) is 0 Å². The molecule has 2 aliphatic rings. The van der Waals surface area contributed by atoms with E-state index in [0.717, 1.165) is 23.9 Å². The number of rotatable bonds is 2. The lowest BCUT2D eigenvalue weighted by molar-refractivity contribution is 0.241. The summed E-state index contributed by atoms with van der Waals surface area (Å²) in [6.45, 7) is 4.80. The van der Waals surface area contributed by atoms with E-state index in [1.807, 2.05) is 0 Å². The molecule has 2 aliphatic carbocycles. The molecule has 0 aromatic heterocycles. The van der Waals surface area contributed by atoms with Crippen molar-refractivity contribution in [3.63, 3.8) is 0 Å². The largest absolute Gasteiger partial charge is 0.311 e. The molecule has 96 valence electrons. The summed E-state index contributed by atoms with van der Waals surface area (Å²) < 4.78 is 0. The van der Waals surface area contributed by atoms with Gasteiger partial charge in [-0.1, -0.05) is 13.8 Å². The average molecular weight is 246 g/mol. The summed E-state index contributed by atoms with van der Waals surface area (Å²) in [6, 6.07) is 1.69. The highest BCUT2D eigenvalue weighted by Crippen LogP contribution is 2.27. The van der Waals surface area contributed by atoms with Crippen LogP contribution in [0.2, 0.25) is 0 Å². The van der Waals surface area contributed by atoms with E-state index in [-0.39, 0.29) is 12.4 Å². The van der Waals surface area contributed by atoms with Crippen LogP contribution in [0.1, 0.15) is 65.2 Å². The molecule has 16 heavy (non-hydrogen) atoms. The predicted molar refractivity (Wildman–Crippen MR) is 73.2 cm³/mol. The van der Waals surface area contributed by atoms with Gasteiger partial charge in [-0.05, 0) is 63.2 Å². The molecule has 0 amide bonds. The fourth-order valence-corrected chi connectivity index (χ4v) is 3.19. The third-order valence-electron chi connectivity index (χ3n) is 4.50. The van der Waals surface area contributed by atoms with Crippen LogP contribution in [-0.2, 0) is 0 Å². The van der Waals surface area contributed by atoms with Crippen molar-refractivity contribution in [2.75, 3.05) is 0 Å². The van der Waals surface area contributed by atoms with Gasteiger partial charge in [-0.15, -0.1) is 12.4 Å². The maximum atomic E-state index is 3.90. The van der Waals surface area contributed by atoms with E-state index in [0.29, 0.717) is 0 Å². The lowest BCUT2D eigenvalue weighted by Crippen LogP contribution is -2.41. The van der Waals surface area contributed by atoms with E-state index in [2.05, 4.69) is 19.2 Å². The normalized spacial score (nSPS) is 40.1.